The Bertz CT molecular complexity index is 1430. The summed E-state index contributed by atoms with van der Waals surface area (Å²) in [5, 5.41) is 20.5. The lowest BCUT2D eigenvalue weighted by Crippen LogP contribution is -2.29. The van der Waals surface area contributed by atoms with Gasteiger partial charge in [-0.05, 0) is 64.4 Å². The summed E-state index contributed by atoms with van der Waals surface area (Å²) in [7, 11) is 0. The Morgan fingerprint density at radius 1 is 0.900 bits per heavy atom. The Hall–Kier alpha value is -4.39. The topological polar surface area (TPSA) is 104 Å². The van der Waals surface area contributed by atoms with E-state index in [9.17, 15) is 19.5 Å². The summed E-state index contributed by atoms with van der Waals surface area (Å²) in [4.78, 5) is 39.4. The van der Waals surface area contributed by atoms with Gasteiger partial charge < -0.3 is 14.9 Å². The molecule has 0 aromatic heterocycles. The van der Waals surface area contributed by atoms with Crippen LogP contribution in [-0.2, 0) is 26.2 Å². The minimum Gasteiger partial charge on any atom is -0.507 e. The molecule has 208 valence electrons. The fourth-order valence-electron chi connectivity index (χ4n) is 4.66. The van der Waals surface area contributed by atoms with Gasteiger partial charge in [-0.1, -0.05) is 71.0 Å². The van der Waals surface area contributed by atoms with Gasteiger partial charge in [-0.3, -0.25) is 19.3 Å². The summed E-state index contributed by atoms with van der Waals surface area (Å²) >= 11 is 0. The number of aliphatic hydroxyl groups excluding tert-OH is 1. The van der Waals surface area contributed by atoms with Crippen LogP contribution in [0.1, 0.15) is 62.9 Å². The lowest BCUT2D eigenvalue weighted by atomic mass is 9.85. The molecule has 1 aliphatic heterocycles. The summed E-state index contributed by atoms with van der Waals surface area (Å²) in [6, 6.07) is 20.1. The Labute approximate surface area is 234 Å². The van der Waals surface area contributed by atoms with Crippen LogP contribution in [0.2, 0.25) is 0 Å². The van der Waals surface area contributed by atoms with Crippen molar-refractivity contribution in [2.75, 3.05) is 11.5 Å². The zero-order valence-electron chi connectivity index (χ0n) is 23.5. The Morgan fingerprint density at radius 2 is 1.50 bits per heavy atom. The van der Waals surface area contributed by atoms with Crippen LogP contribution in [0, 0.1) is 5.92 Å². The lowest BCUT2D eigenvalue weighted by molar-refractivity contribution is -0.136. The summed E-state index contributed by atoms with van der Waals surface area (Å²) < 4.78 is 5.74. The number of benzene rings is 3. The summed E-state index contributed by atoms with van der Waals surface area (Å²) in [6.45, 7) is 10.9. The lowest BCUT2D eigenvalue weighted by Gasteiger charge is -2.27. The molecule has 7 heteroatoms. The predicted molar refractivity (Wildman–Crippen MR) is 154 cm³/mol. The van der Waals surface area contributed by atoms with E-state index >= 15 is 0 Å². The van der Waals surface area contributed by atoms with Crippen LogP contribution in [-0.4, -0.2) is 34.5 Å². The van der Waals surface area contributed by atoms with Gasteiger partial charge in [-0.2, -0.15) is 0 Å². The molecule has 1 atom stereocenters. The number of carbonyl (C=O) groups excluding carboxylic acids is 2. The first-order valence-electron chi connectivity index (χ1n) is 13.3. The number of carboxylic acids is 1. The molecular weight excluding hydrogens is 506 g/mol. The number of aliphatic carboxylic acids is 1. The highest BCUT2D eigenvalue weighted by molar-refractivity contribution is 6.51. The van der Waals surface area contributed by atoms with Gasteiger partial charge in [0.2, 0.25) is 0 Å². The van der Waals surface area contributed by atoms with Crippen molar-refractivity contribution in [3.8, 4) is 5.75 Å². The number of anilines is 1. The standard InChI is InChI=1S/C33H35NO6/c1-20(2)19-40-26-16-10-23(11-17-26)30(37)28-29(22-8-12-24(13-9-22)33(3,4)5)34(32(39)31(28)38)25-14-6-21(7-15-25)18-27(35)36/h6-17,20,29,37H,18-19H2,1-5H3,(H,35,36)/b30-28-. The molecule has 0 saturated carbocycles. The fraction of sp³-hybridized carbons (Fsp3) is 0.303. The van der Waals surface area contributed by atoms with E-state index in [0.717, 1.165) is 5.56 Å². The third-order valence-corrected chi connectivity index (χ3v) is 6.82. The van der Waals surface area contributed by atoms with Gasteiger partial charge in [-0.25, -0.2) is 0 Å². The van der Waals surface area contributed by atoms with Crippen LogP contribution in [0.25, 0.3) is 5.76 Å². The summed E-state index contributed by atoms with van der Waals surface area (Å²) in [6.07, 6.45) is -0.159. The van der Waals surface area contributed by atoms with E-state index in [4.69, 9.17) is 9.84 Å². The van der Waals surface area contributed by atoms with E-state index in [0.29, 0.717) is 40.7 Å². The van der Waals surface area contributed by atoms with Crippen molar-refractivity contribution < 1.29 is 29.3 Å². The second kappa shape index (κ2) is 11.4. The zero-order valence-corrected chi connectivity index (χ0v) is 23.5. The van der Waals surface area contributed by atoms with E-state index in [1.54, 1.807) is 48.5 Å². The SMILES string of the molecule is CC(C)COc1ccc(/C(O)=C2/C(=O)C(=O)N(c3ccc(CC(=O)O)cc3)C2c2ccc(C(C)(C)C)cc2)cc1. The number of amides is 1. The molecule has 2 N–H and O–H groups in total. The minimum atomic E-state index is -0.965. The largest absolute Gasteiger partial charge is 0.507 e. The molecule has 3 aromatic carbocycles. The molecule has 0 bridgehead atoms. The number of ketones is 1. The molecule has 1 saturated heterocycles. The molecule has 1 aliphatic rings. The fourth-order valence-corrected chi connectivity index (χ4v) is 4.66. The molecule has 0 spiro atoms. The van der Waals surface area contributed by atoms with Gasteiger partial charge in [0.1, 0.15) is 11.5 Å². The molecule has 0 radical (unpaired) electrons. The number of hydrogen-bond donors (Lipinski definition) is 2. The molecule has 0 aliphatic carbocycles. The van der Waals surface area contributed by atoms with Crippen molar-refractivity contribution >= 4 is 29.1 Å². The molecule has 1 unspecified atom stereocenters. The predicted octanol–water partition coefficient (Wildman–Crippen LogP) is 6.27. The van der Waals surface area contributed by atoms with Gasteiger partial charge in [0.25, 0.3) is 11.7 Å². The van der Waals surface area contributed by atoms with E-state index in [1.807, 2.05) is 38.1 Å². The Kier molecular flexibility index (Phi) is 8.14. The number of rotatable bonds is 8. The second-order valence-electron chi connectivity index (χ2n) is 11.5. The van der Waals surface area contributed by atoms with Gasteiger partial charge in [0, 0.05) is 11.3 Å². The first kappa shape index (κ1) is 28.6. The molecule has 1 heterocycles. The molecule has 3 aromatic rings. The zero-order chi connectivity index (χ0) is 29.2. The number of hydrogen-bond acceptors (Lipinski definition) is 5. The van der Waals surface area contributed by atoms with Crippen molar-refractivity contribution in [2.45, 2.75) is 52.5 Å². The minimum absolute atomic E-state index is 0.0148. The van der Waals surface area contributed by atoms with Crippen LogP contribution in [0.4, 0.5) is 5.69 Å². The normalized spacial score (nSPS) is 16.9. The van der Waals surface area contributed by atoms with Crippen LogP contribution >= 0.6 is 0 Å². The van der Waals surface area contributed by atoms with Gasteiger partial charge in [-0.15, -0.1) is 0 Å². The molecule has 1 fully saturated rings. The monoisotopic (exact) mass is 541 g/mol. The maximum atomic E-state index is 13.5. The molecular formula is C33H35NO6. The number of nitrogens with zero attached hydrogens (tertiary/aromatic N) is 1. The number of carbonyl (C=O) groups is 3. The van der Waals surface area contributed by atoms with Gasteiger partial charge >= 0.3 is 5.97 Å². The van der Waals surface area contributed by atoms with E-state index < -0.39 is 23.7 Å². The molecule has 4 rings (SSSR count). The number of carboxylic acid groups (broad SMARTS) is 1. The van der Waals surface area contributed by atoms with Crippen molar-refractivity contribution in [1.29, 1.82) is 0 Å². The van der Waals surface area contributed by atoms with Crippen molar-refractivity contribution in [3.63, 3.8) is 0 Å². The third-order valence-electron chi connectivity index (χ3n) is 6.82. The molecule has 1 amide bonds. The van der Waals surface area contributed by atoms with Crippen molar-refractivity contribution in [3.05, 3.63) is 101 Å². The van der Waals surface area contributed by atoms with Crippen LogP contribution < -0.4 is 9.64 Å². The van der Waals surface area contributed by atoms with Crippen LogP contribution in [0.15, 0.2) is 78.4 Å². The highest BCUT2D eigenvalue weighted by Gasteiger charge is 2.47. The van der Waals surface area contributed by atoms with E-state index in [-0.39, 0.29) is 23.2 Å². The first-order chi connectivity index (χ1) is 18.9. The first-order valence-corrected chi connectivity index (χ1v) is 13.3. The number of aliphatic hydroxyl groups is 1. The maximum Gasteiger partial charge on any atom is 0.307 e. The average Bonchev–Trinajstić information content (AvgIpc) is 3.17. The second-order valence-corrected chi connectivity index (χ2v) is 11.5. The molecule has 40 heavy (non-hydrogen) atoms. The average molecular weight is 542 g/mol. The Morgan fingerprint density at radius 3 is 2.02 bits per heavy atom. The maximum absolute atomic E-state index is 13.5. The highest BCUT2D eigenvalue weighted by Crippen LogP contribution is 2.42. The van der Waals surface area contributed by atoms with Crippen LogP contribution in [0.3, 0.4) is 0 Å². The van der Waals surface area contributed by atoms with E-state index in [1.165, 1.54) is 4.90 Å². The van der Waals surface area contributed by atoms with Gasteiger partial charge in [0.15, 0.2) is 0 Å². The van der Waals surface area contributed by atoms with Crippen molar-refractivity contribution in [2.24, 2.45) is 5.92 Å². The van der Waals surface area contributed by atoms with E-state index in [2.05, 4.69) is 20.8 Å². The highest BCUT2D eigenvalue weighted by atomic mass is 16.5. The van der Waals surface area contributed by atoms with Gasteiger partial charge in [0.05, 0.1) is 24.6 Å². The smallest absolute Gasteiger partial charge is 0.307 e. The summed E-state index contributed by atoms with van der Waals surface area (Å²) in [5.74, 6) is -1.81. The number of ether oxygens (including phenoxy) is 1. The quantitative estimate of drug-likeness (QED) is 0.198. The third kappa shape index (κ3) is 6.09. The molecule has 7 nitrogen and oxygen atoms in total. The number of Topliss-reactive ketones (excluding diaryl/α,β-unsaturated/α-hetero) is 1. The Balaban J connectivity index is 1.81. The van der Waals surface area contributed by atoms with Crippen LogP contribution in [0.5, 0.6) is 5.75 Å². The van der Waals surface area contributed by atoms with Crippen molar-refractivity contribution in [1.82, 2.24) is 0 Å². The summed E-state index contributed by atoms with van der Waals surface area (Å²) in [5.41, 5.74) is 3.03.